The summed E-state index contributed by atoms with van der Waals surface area (Å²) in [6.45, 7) is 7.30. The van der Waals surface area contributed by atoms with E-state index in [4.69, 9.17) is 9.47 Å². The highest BCUT2D eigenvalue weighted by atomic mass is 16.6. The van der Waals surface area contributed by atoms with Crippen molar-refractivity contribution in [3.63, 3.8) is 0 Å². The molecule has 0 saturated carbocycles. The van der Waals surface area contributed by atoms with Crippen molar-refractivity contribution < 1.29 is 14.3 Å². The number of carbonyl (C=O) groups is 1. The molecule has 0 radical (unpaired) electrons. The lowest BCUT2D eigenvalue weighted by molar-refractivity contribution is 0.0808. The molecule has 0 atom stereocenters. The standard InChI is InChI=1S/C26H37N5O3/c1-28-12-14-29(15-13-28)24-21-23(10-11-25(24)33-2)27-31-18-16-30(17-19-31)26(32)34-20-6-9-22-7-4-3-5-8-22/h3-5,7-8,10-11,21,27H,6,9,12-20H2,1-2H3. The zero-order valence-electron chi connectivity index (χ0n) is 20.4. The van der Waals surface area contributed by atoms with E-state index in [1.165, 1.54) is 5.56 Å². The van der Waals surface area contributed by atoms with E-state index >= 15 is 0 Å². The molecule has 34 heavy (non-hydrogen) atoms. The molecular formula is C26H37N5O3. The molecule has 0 aliphatic carbocycles. The van der Waals surface area contributed by atoms with Crippen LogP contribution >= 0.6 is 0 Å². The first kappa shape index (κ1) is 24.2. The number of nitrogens with one attached hydrogen (secondary N) is 1. The summed E-state index contributed by atoms with van der Waals surface area (Å²) in [4.78, 5) is 19.0. The number of hydrazine groups is 1. The second-order valence-corrected chi connectivity index (χ2v) is 8.97. The number of benzene rings is 2. The largest absolute Gasteiger partial charge is 0.495 e. The molecule has 2 aliphatic heterocycles. The molecule has 184 valence electrons. The van der Waals surface area contributed by atoms with Crippen molar-refractivity contribution in [2.24, 2.45) is 0 Å². The number of aryl methyl sites for hydroxylation is 1. The first-order valence-electron chi connectivity index (χ1n) is 12.2. The highest BCUT2D eigenvalue weighted by Gasteiger charge is 2.23. The predicted molar refractivity (Wildman–Crippen MR) is 136 cm³/mol. The van der Waals surface area contributed by atoms with Crippen LogP contribution < -0.4 is 15.1 Å². The summed E-state index contributed by atoms with van der Waals surface area (Å²) in [5, 5.41) is 2.16. The molecule has 2 aliphatic rings. The summed E-state index contributed by atoms with van der Waals surface area (Å²) >= 11 is 0. The molecular weight excluding hydrogens is 430 g/mol. The third-order valence-electron chi connectivity index (χ3n) is 6.53. The number of hydrogen-bond donors (Lipinski definition) is 1. The van der Waals surface area contributed by atoms with E-state index in [1.54, 1.807) is 12.0 Å². The Kier molecular flexibility index (Phi) is 8.49. The number of ether oxygens (including phenoxy) is 2. The quantitative estimate of drug-likeness (QED) is 0.599. The average Bonchev–Trinajstić information content (AvgIpc) is 2.88. The highest BCUT2D eigenvalue weighted by molar-refractivity contribution is 5.68. The molecule has 1 amide bonds. The van der Waals surface area contributed by atoms with Crippen molar-refractivity contribution in [1.29, 1.82) is 0 Å². The third-order valence-corrected chi connectivity index (χ3v) is 6.53. The second-order valence-electron chi connectivity index (χ2n) is 8.97. The Morgan fingerprint density at radius 2 is 1.68 bits per heavy atom. The maximum absolute atomic E-state index is 12.4. The molecule has 0 spiro atoms. The fraction of sp³-hybridized carbons (Fsp3) is 0.500. The van der Waals surface area contributed by atoms with Crippen molar-refractivity contribution in [3.05, 3.63) is 54.1 Å². The summed E-state index contributed by atoms with van der Waals surface area (Å²) in [5.41, 5.74) is 6.94. The molecule has 8 nitrogen and oxygen atoms in total. The van der Waals surface area contributed by atoms with Crippen LogP contribution in [0.1, 0.15) is 12.0 Å². The van der Waals surface area contributed by atoms with Gasteiger partial charge in [-0.1, -0.05) is 30.3 Å². The van der Waals surface area contributed by atoms with Gasteiger partial charge in [-0.05, 0) is 43.7 Å². The Bertz CT molecular complexity index is 910. The van der Waals surface area contributed by atoms with Gasteiger partial charge in [0, 0.05) is 52.4 Å². The summed E-state index contributed by atoms with van der Waals surface area (Å²) in [5.74, 6) is 0.898. The van der Waals surface area contributed by atoms with Gasteiger partial charge in [-0.25, -0.2) is 9.80 Å². The number of carbonyl (C=O) groups excluding carboxylic acids is 1. The van der Waals surface area contributed by atoms with Crippen LogP contribution in [0.3, 0.4) is 0 Å². The lowest BCUT2D eigenvalue weighted by Crippen LogP contribution is -2.50. The van der Waals surface area contributed by atoms with E-state index in [1.807, 2.05) is 30.3 Å². The van der Waals surface area contributed by atoms with Crippen molar-refractivity contribution in [2.75, 3.05) is 83.4 Å². The van der Waals surface area contributed by atoms with Gasteiger partial charge in [0.25, 0.3) is 0 Å². The zero-order chi connectivity index (χ0) is 23.8. The van der Waals surface area contributed by atoms with Crippen LogP contribution in [0.15, 0.2) is 48.5 Å². The average molecular weight is 468 g/mol. The molecule has 0 bridgehead atoms. The topological polar surface area (TPSA) is 60.5 Å². The number of hydrogen-bond acceptors (Lipinski definition) is 7. The Morgan fingerprint density at radius 1 is 0.941 bits per heavy atom. The number of anilines is 2. The third kappa shape index (κ3) is 6.55. The van der Waals surface area contributed by atoms with E-state index in [9.17, 15) is 4.79 Å². The van der Waals surface area contributed by atoms with Gasteiger partial charge in [-0.15, -0.1) is 0 Å². The zero-order valence-corrected chi connectivity index (χ0v) is 20.4. The second kappa shape index (κ2) is 11.9. The number of likely N-dealkylation sites (N-methyl/N-ethyl adjacent to an activating group) is 1. The van der Waals surface area contributed by atoms with E-state index in [0.717, 1.165) is 69.2 Å². The molecule has 0 unspecified atom stereocenters. The van der Waals surface area contributed by atoms with Gasteiger partial charge in [0.05, 0.1) is 25.1 Å². The van der Waals surface area contributed by atoms with Crippen LogP contribution in [0.2, 0.25) is 0 Å². The number of methoxy groups -OCH3 is 1. The lowest BCUT2D eigenvalue weighted by atomic mass is 10.1. The van der Waals surface area contributed by atoms with Gasteiger partial charge >= 0.3 is 6.09 Å². The smallest absolute Gasteiger partial charge is 0.409 e. The van der Waals surface area contributed by atoms with Gasteiger partial charge in [0.15, 0.2) is 0 Å². The molecule has 8 heteroatoms. The predicted octanol–water partition coefficient (Wildman–Crippen LogP) is 3.16. The monoisotopic (exact) mass is 467 g/mol. The van der Waals surface area contributed by atoms with Crippen LogP contribution in [-0.4, -0.2) is 94.0 Å². The Balaban J connectivity index is 1.22. The number of piperazine rings is 2. The molecule has 1 N–H and O–H groups in total. The maximum Gasteiger partial charge on any atom is 0.409 e. The molecule has 2 heterocycles. The first-order chi connectivity index (χ1) is 16.6. The lowest BCUT2D eigenvalue weighted by Gasteiger charge is -2.36. The summed E-state index contributed by atoms with van der Waals surface area (Å²) in [6.07, 6.45) is 1.54. The molecule has 2 fully saturated rings. The molecule has 2 aromatic carbocycles. The van der Waals surface area contributed by atoms with Gasteiger partial charge in [0.2, 0.25) is 0 Å². The summed E-state index contributed by atoms with van der Waals surface area (Å²) in [7, 11) is 3.88. The van der Waals surface area contributed by atoms with Crippen LogP contribution in [-0.2, 0) is 11.2 Å². The fourth-order valence-electron chi connectivity index (χ4n) is 4.41. The minimum absolute atomic E-state index is 0.213. The highest BCUT2D eigenvalue weighted by Crippen LogP contribution is 2.32. The molecule has 2 aromatic rings. The minimum atomic E-state index is -0.213. The fourth-order valence-corrected chi connectivity index (χ4v) is 4.41. The Morgan fingerprint density at radius 3 is 2.38 bits per heavy atom. The van der Waals surface area contributed by atoms with E-state index in [-0.39, 0.29) is 6.09 Å². The van der Waals surface area contributed by atoms with Crippen molar-refractivity contribution in [2.45, 2.75) is 12.8 Å². The summed E-state index contributed by atoms with van der Waals surface area (Å²) < 4.78 is 11.1. The molecule has 4 rings (SSSR count). The number of amides is 1. The van der Waals surface area contributed by atoms with Crippen LogP contribution in [0, 0.1) is 0 Å². The van der Waals surface area contributed by atoms with E-state index < -0.39 is 0 Å². The normalized spacial score (nSPS) is 17.5. The van der Waals surface area contributed by atoms with Crippen molar-refractivity contribution in [3.8, 4) is 5.75 Å². The SMILES string of the molecule is COc1ccc(NN2CCN(C(=O)OCCCc3ccccc3)CC2)cc1N1CCN(C)CC1. The molecule has 2 saturated heterocycles. The van der Waals surface area contributed by atoms with E-state index in [0.29, 0.717) is 19.7 Å². The van der Waals surface area contributed by atoms with Gasteiger partial charge in [-0.2, -0.15) is 0 Å². The van der Waals surface area contributed by atoms with Crippen molar-refractivity contribution in [1.82, 2.24) is 14.8 Å². The minimum Gasteiger partial charge on any atom is -0.495 e. The van der Waals surface area contributed by atoms with Crippen LogP contribution in [0.4, 0.5) is 16.2 Å². The Labute approximate surface area is 203 Å². The van der Waals surface area contributed by atoms with E-state index in [2.05, 4.69) is 45.5 Å². The summed E-state index contributed by atoms with van der Waals surface area (Å²) in [6, 6.07) is 16.5. The van der Waals surface area contributed by atoms with Crippen LogP contribution in [0.5, 0.6) is 5.75 Å². The number of rotatable bonds is 8. The Hall–Kier alpha value is -2.97. The number of nitrogens with zero attached hydrogens (tertiary/aromatic N) is 4. The van der Waals surface area contributed by atoms with Crippen LogP contribution in [0.25, 0.3) is 0 Å². The first-order valence-corrected chi connectivity index (χ1v) is 12.2. The van der Waals surface area contributed by atoms with Gasteiger partial charge in [-0.3, -0.25) is 0 Å². The van der Waals surface area contributed by atoms with Gasteiger partial charge in [0.1, 0.15) is 5.75 Å². The molecule has 0 aromatic heterocycles. The maximum atomic E-state index is 12.4. The van der Waals surface area contributed by atoms with Crippen molar-refractivity contribution >= 4 is 17.5 Å². The van der Waals surface area contributed by atoms with Gasteiger partial charge < -0.3 is 29.6 Å².